The number of ether oxygens (including phenoxy) is 4. The first-order valence-corrected chi connectivity index (χ1v) is 8.72. The van der Waals surface area contributed by atoms with Crippen molar-refractivity contribution in [1.82, 2.24) is 0 Å². The van der Waals surface area contributed by atoms with E-state index >= 15 is 0 Å². The van der Waals surface area contributed by atoms with E-state index in [2.05, 4.69) is 0 Å². The largest absolute Gasteiger partial charge is 0.493 e. The Bertz CT molecular complexity index is 884. The summed E-state index contributed by atoms with van der Waals surface area (Å²) in [5, 5.41) is 0. The Hall–Kier alpha value is -2.95. The number of rotatable bonds is 5. The van der Waals surface area contributed by atoms with E-state index in [1.165, 1.54) is 0 Å². The molecule has 5 heteroatoms. The van der Waals surface area contributed by atoms with Gasteiger partial charge in [0, 0.05) is 23.1 Å². The van der Waals surface area contributed by atoms with E-state index in [1.54, 1.807) is 30.4 Å². The lowest BCUT2D eigenvalue weighted by Gasteiger charge is -2.10. The van der Waals surface area contributed by atoms with Gasteiger partial charge >= 0.3 is 0 Å². The fourth-order valence-corrected chi connectivity index (χ4v) is 3.18. The van der Waals surface area contributed by atoms with Gasteiger partial charge in [-0.05, 0) is 56.3 Å². The van der Waals surface area contributed by atoms with Gasteiger partial charge in [0.25, 0.3) is 0 Å². The zero-order valence-corrected chi connectivity index (χ0v) is 14.8. The number of hydrogen-bond donors (Lipinski definition) is 0. The molecule has 5 nitrogen and oxygen atoms in total. The highest BCUT2D eigenvalue weighted by Gasteiger charge is 2.21. The van der Waals surface area contributed by atoms with Crippen molar-refractivity contribution in [1.29, 1.82) is 0 Å². The summed E-state index contributed by atoms with van der Waals surface area (Å²) in [5.74, 6) is 2.77. The highest BCUT2D eigenvalue weighted by Crippen LogP contribution is 2.36. The predicted molar refractivity (Wildman–Crippen MR) is 97.3 cm³/mol. The van der Waals surface area contributed by atoms with Gasteiger partial charge in [-0.15, -0.1) is 0 Å². The maximum absolute atomic E-state index is 12.5. The predicted octanol–water partition coefficient (Wildman–Crippen LogP) is 4.03. The second-order valence-corrected chi connectivity index (χ2v) is 6.33. The summed E-state index contributed by atoms with van der Waals surface area (Å²) in [6, 6.07) is 9.13. The molecule has 134 valence electrons. The molecule has 0 amide bonds. The van der Waals surface area contributed by atoms with Crippen molar-refractivity contribution in [2.75, 3.05) is 13.4 Å². The molecule has 0 fully saturated rings. The second kappa shape index (κ2) is 6.75. The van der Waals surface area contributed by atoms with E-state index in [-0.39, 0.29) is 18.7 Å². The minimum Gasteiger partial charge on any atom is -0.493 e. The molecule has 2 aromatic carbocycles. The van der Waals surface area contributed by atoms with E-state index < -0.39 is 0 Å². The molecule has 0 spiro atoms. The second-order valence-electron chi connectivity index (χ2n) is 6.33. The molecule has 2 aliphatic heterocycles. The van der Waals surface area contributed by atoms with Crippen molar-refractivity contribution in [2.24, 2.45) is 0 Å². The summed E-state index contributed by atoms with van der Waals surface area (Å²) < 4.78 is 22.2. The average molecular weight is 352 g/mol. The zero-order chi connectivity index (χ0) is 18.1. The van der Waals surface area contributed by atoms with Crippen LogP contribution in [-0.4, -0.2) is 25.3 Å². The Balaban J connectivity index is 1.60. The Morgan fingerprint density at radius 2 is 2.04 bits per heavy atom. The Morgan fingerprint density at radius 1 is 1.19 bits per heavy atom. The molecule has 2 heterocycles. The molecule has 0 saturated heterocycles. The monoisotopic (exact) mass is 352 g/mol. The van der Waals surface area contributed by atoms with Gasteiger partial charge in [-0.1, -0.05) is 0 Å². The van der Waals surface area contributed by atoms with E-state index in [4.69, 9.17) is 18.9 Å². The molecule has 26 heavy (non-hydrogen) atoms. The van der Waals surface area contributed by atoms with Crippen LogP contribution in [0.4, 0.5) is 0 Å². The first-order chi connectivity index (χ1) is 12.6. The van der Waals surface area contributed by atoms with Gasteiger partial charge in [0.05, 0.1) is 6.61 Å². The number of carbonyl (C=O) groups excluding carboxylic acids is 1. The van der Waals surface area contributed by atoms with Crippen molar-refractivity contribution in [3.63, 3.8) is 0 Å². The number of allylic oxidation sites excluding steroid dienone is 1. The summed E-state index contributed by atoms with van der Waals surface area (Å²) in [7, 11) is 0. The highest BCUT2D eigenvalue weighted by atomic mass is 16.7. The van der Waals surface area contributed by atoms with Crippen molar-refractivity contribution in [3.8, 4) is 23.0 Å². The standard InChI is InChI=1S/C21H20O5/c1-3-23-19-11-16-8-13(2)26-20(16)10-15(19)4-6-17(22)14-5-7-18-21(9-14)25-12-24-18/h4-7,9-11,13H,3,8,12H2,1-2H3/b6-4+. The molecule has 4 rings (SSSR count). The maximum Gasteiger partial charge on any atom is 0.231 e. The summed E-state index contributed by atoms with van der Waals surface area (Å²) in [5.41, 5.74) is 2.52. The van der Waals surface area contributed by atoms with Crippen LogP contribution < -0.4 is 18.9 Å². The molecule has 2 aliphatic rings. The fourth-order valence-electron chi connectivity index (χ4n) is 3.18. The molecular formula is C21H20O5. The average Bonchev–Trinajstić information content (AvgIpc) is 3.23. The third-order valence-electron chi connectivity index (χ3n) is 4.40. The number of ketones is 1. The van der Waals surface area contributed by atoms with Gasteiger partial charge in [-0.3, -0.25) is 4.79 Å². The van der Waals surface area contributed by atoms with Crippen LogP contribution >= 0.6 is 0 Å². The molecule has 0 bridgehead atoms. The molecule has 0 aromatic heterocycles. The van der Waals surface area contributed by atoms with Crippen LogP contribution in [0, 0.1) is 0 Å². The molecular weight excluding hydrogens is 332 g/mol. The van der Waals surface area contributed by atoms with Crippen molar-refractivity contribution >= 4 is 11.9 Å². The van der Waals surface area contributed by atoms with Crippen LogP contribution in [0.3, 0.4) is 0 Å². The van der Waals surface area contributed by atoms with Crippen LogP contribution in [0.5, 0.6) is 23.0 Å². The lowest BCUT2D eigenvalue weighted by atomic mass is 10.0. The summed E-state index contributed by atoms with van der Waals surface area (Å²) in [6.07, 6.45) is 4.34. The van der Waals surface area contributed by atoms with Crippen molar-refractivity contribution in [2.45, 2.75) is 26.4 Å². The fraction of sp³-hybridized carbons (Fsp3) is 0.286. The summed E-state index contributed by atoms with van der Waals surface area (Å²) >= 11 is 0. The normalized spacial score (nSPS) is 17.2. The number of fused-ring (bicyclic) bond motifs is 2. The minimum atomic E-state index is -0.111. The van der Waals surface area contributed by atoms with Crippen LogP contribution in [0.15, 0.2) is 36.4 Å². The quantitative estimate of drug-likeness (QED) is 0.601. The van der Waals surface area contributed by atoms with E-state index in [0.29, 0.717) is 23.7 Å². The highest BCUT2D eigenvalue weighted by molar-refractivity contribution is 6.07. The zero-order valence-electron chi connectivity index (χ0n) is 14.8. The third-order valence-corrected chi connectivity index (χ3v) is 4.40. The van der Waals surface area contributed by atoms with Gasteiger partial charge in [0.15, 0.2) is 17.3 Å². The van der Waals surface area contributed by atoms with Crippen molar-refractivity contribution < 1.29 is 23.7 Å². The molecule has 2 aromatic rings. The summed E-state index contributed by atoms with van der Waals surface area (Å²) in [6.45, 7) is 4.73. The van der Waals surface area contributed by atoms with Gasteiger partial charge in [0.2, 0.25) is 6.79 Å². The van der Waals surface area contributed by atoms with Gasteiger partial charge in [-0.25, -0.2) is 0 Å². The Kier molecular flexibility index (Phi) is 4.29. The smallest absolute Gasteiger partial charge is 0.231 e. The summed E-state index contributed by atoms with van der Waals surface area (Å²) in [4.78, 5) is 12.5. The Labute approximate surface area is 152 Å². The van der Waals surface area contributed by atoms with E-state index in [0.717, 1.165) is 29.0 Å². The lowest BCUT2D eigenvalue weighted by Crippen LogP contribution is -2.05. The molecule has 1 atom stereocenters. The van der Waals surface area contributed by atoms with E-state index in [9.17, 15) is 4.79 Å². The van der Waals surface area contributed by atoms with E-state index in [1.807, 2.05) is 26.0 Å². The molecule has 0 aliphatic carbocycles. The first-order valence-electron chi connectivity index (χ1n) is 8.72. The first kappa shape index (κ1) is 16.5. The lowest BCUT2D eigenvalue weighted by molar-refractivity contribution is 0.104. The van der Waals surface area contributed by atoms with Crippen LogP contribution in [0.1, 0.15) is 35.3 Å². The number of benzene rings is 2. The van der Waals surface area contributed by atoms with Crippen molar-refractivity contribution in [3.05, 3.63) is 53.1 Å². The minimum absolute atomic E-state index is 0.111. The molecule has 0 N–H and O–H groups in total. The Morgan fingerprint density at radius 3 is 2.88 bits per heavy atom. The van der Waals surface area contributed by atoms with Gasteiger partial charge in [0.1, 0.15) is 17.6 Å². The molecule has 0 saturated carbocycles. The molecule has 0 radical (unpaired) electrons. The maximum atomic E-state index is 12.5. The van der Waals surface area contributed by atoms with Gasteiger partial charge < -0.3 is 18.9 Å². The van der Waals surface area contributed by atoms with Crippen LogP contribution in [-0.2, 0) is 6.42 Å². The van der Waals surface area contributed by atoms with Gasteiger partial charge in [-0.2, -0.15) is 0 Å². The van der Waals surface area contributed by atoms with Crippen LogP contribution in [0.25, 0.3) is 6.08 Å². The third kappa shape index (κ3) is 3.12. The number of carbonyl (C=O) groups is 1. The number of hydrogen-bond acceptors (Lipinski definition) is 5. The van der Waals surface area contributed by atoms with Crippen LogP contribution in [0.2, 0.25) is 0 Å². The molecule has 1 unspecified atom stereocenters. The topological polar surface area (TPSA) is 54.0 Å². The SMILES string of the molecule is CCOc1cc2c(cc1/C=C/C(=O)c1ccc3c(c1)OCO3)OC(C)C2.